The Bertz CT molecular complexity index is 1010. The first-order valence-corrected chi connectivity index (χ1v) is 9.17. The SMILES string of the molecule is C[C@@H](NC(=O)CN=C1NS(=O)(=O)c2ccccc21)c1ccc(F)cc1F. The lowest BCUT2D eigenvalue weighted by atomic mass is 10.1. The van der Waals surface area contributed by atoms with E-state index in [1.54, 1.807) is 25.1 Å². The largest absolute Gasteiger partial charge is 0.348 e. The van der Waals surface area contributed by atoms with Gasteiger partial charge in [-0.25, -0.2) is 17.2 Å². The third kappa shape index (κ3) is 3.57. The van der Waals surface area contributed by atoms with Crippen molar-refractivity contribution in [2.75, 3.05) is 6.54 Å². The van der Waals surface area contributed by atoms with Crippen LogP contribution in [0.15, 0.2) is 52.4 Å². The van der Waals surface area contributed by atoms with Crippen LogP contribution < -0.4 is 10.0 Å². The third-order valence-electron chi connectivity index (χ3n) is 3.85. The van der Waals surface area contributed by atoms with Gasteiger partial charge in [-0.3, -0.25) is 14.5 Å². The Balaban J connectivity index is 1.71. The average Bonchev–Trinajstić information content (AvgIpc) is 2.84. The maximum Gasteiger partial charge on any atom is 0.263 e. The molecule has 26 heavy (non-hydrogen) atoms. The van der Waals surface area contributed by atoms with E-state index in [9.17, 15) is 22.0 Å². The Hall–Kier alpha value is -2.81. The number of nitrogens with one attached hydrogen (secondary N) is 2. The van der Waals surface area contributed by atoms with E-state index < -0.39 is 33.6 Å². The van der Waals surface area contributed by atoms with Crippen molar-refractivity contribution in [3.8, 4) is 0 Å². The fraction of sp³-hybridized carbons (Fsp3) is 0.176. The number of nitrogens with zero attached hydrogens (tertiary/aromatic N) is 1. The van der Waals surface area contributed by atoms with Crippen LogP contribution in [-0.2, 0) is 14.8 Å². The second-order valence-electron chi connectivity index (χ2n) is 5.72. The molecule has 0 aromatic heterocycles. The number of amidine groups is 1. The summed E-state index contributed by atoms with van der Waals surface area (Å²) in [5.74, 6) is -1.92. The Morgan fingerprint density at radius 1 is 1.23 bits per heavy atom. The molecule has 2 aromatic carbocycles. The Kier molecular flexibility index (Phi) is 4.73. The molecule has 2 aromatic rings. The van der Waals surface area contributed by atoms with Gasteiger partial charge >= 0.3 is 0 Å². The van der Waals surface area contributed by atoms with Gasteiger partial charge in [0.1, 0.15) is 24.0 Å². The highest BCUT2D eigenvalue weighted by Gasteiger charge is 2.30. The molecule has 6 nitrogen and oxygen atoms in total. The molecule has 136 valence electrons. The number of fused-ring (bicyclic) bond motifs is 1. The highest BCUT2D eigenvalue weighted by atomic mass is 32.2. The number of hydrogen-bond donors (Lipinski definition) is 2. The van der Waals surface area contributed by atoms with Crippen molar-refractivity contribution in [3.63, 3.8) is 0 Å². The van der Waals surface area contributed by atoms with Crippen LogP contribution in [0, 0.1) is 11.6 Å². The summed E-state index contributed by atoms with van der Waals surface area (Å²) in [4.78, 5) is 16.1. The molecule has 0 unspecified atom stereocenters. The van der Waals surface area contributed by atoms with E-state index >= 15 is 0 Å². The van der Waals surface area contributed by atoms with E-state index in [1.807, 2.05) is 0 Å². The first-order chi connectivity index (χ1) is 12.3. The summed E-state index contributed by atoms with van der Waals surface area (Å²) in [6.45, 7) is 1.20. The summed E-state index contributed by atoms with van der Waals surface area (Å²) >= 11 is 0. The number of benzene rings is 2. The molecule has 3 rings (SSSR count). The van der Waals surface area contributed by atoms with Crippen LogP contribution in [0.25, 0.3) is 0 Å². The minimum Gasteiger partial charge on any atom is -0.348 e. The molecular weight excluding hydrogens is 364 g/mol. The number of hydrogen-bond acceptors (Lipinski definition) is 4. The number of carbonyl (C=O) groups excluding carboxylic acids is 1. The van der Waals surface area contributed by atoms with Gasteiger partial charge in [0, 0.05) is 17.2 Å². The molecule has 0 aliphatic carbocycles. The van der Waals surface area contributed by atoms with Gasteiger partial charge in [-0.15, -0.1) is 0 Å². The Labute approximate surface area is 149 Å². The summed E-state index contributed by atoms with van der Waals surface area (Å²) in [5.41, 5.74) is 0.525. The van der Waals surface area contributed by atoms with Gasteiger partial charge in [0.05, 0.1) is 10.9 Å². The van der Waals surface area contributed by atoms with Crippen molar-refractivity contribution in [1.82, 2.24) is 10.0 Å². The second kappa shape index (κ2) is 6.83. The molecule has 0 bridgehead atoms. The first-order valence-electron chi connectivity index (χ1n) is 7.69. The molecule has 0 radical (unpaired) electrons. The van der Waals surface area contributed by atoms with Crippen molar-refractivity contribution < 1.29 is 22.0 Å². The quantitative estimate of drug-likeness (QED) is 0.850. The monoisotopic (exact) mass is 379 g/mol. The lowest BCUT2D eigenvalue weighted by Gasteiger charge is -2.14. The van der Waals surface area contributed by atoms with Crippen LogP contribution in [0.2, 0.25) is 0 Å². The Morgan fingerprint density at radius 2 is 1.96 bits per heavy atom. The minimum atomic E-state index is -3.68. The number of rotatable bonds is 4. The summed E-state index contributed by atoms with van der Waals surface area (Å²) in [6, 6.07) is 8.68. The smallest absolute Gasteiger partial charge is 0.263 e. The molecule has 0 fully saturated rings. The fourth-order valence-electron chi connectivity index (χ4n) is 2.62. The van der Waals surface area contributed by atoms with Gasteiger partial charge in [-0.2, -0.15) is 0 Å². The number of halogens is 2. The molecule has 1 amide bonds. The van der Waals surface area contributed by atoms with Gasteiger partial charge in [0.2, 0.25) is 5.91 Å². The number of amides is 1. The van der Waals surface area contributed by atoms with Crippen molar-refractivity contribution in [1.29, 1.82) is 0 Å². The van der Waals surface area contributed by atoms with E-state index in [4.69, 9.17) is 0 Å². The van der Waals surface area contributed by atoms with Crippen molar-refractivity contribution in [2.45, 2.75) is 17.9 Å². The zero-order chi connectivity index (χ0) is 18.9. The number of sulfonamides is 1. The van der Waals surface area contributed by atoms with E-state index in [2.05, 4.69) is 15.0 Å². The fourth-order valence-corrected chi connectivity index (χ4v) is 3.87. The summed E-state index contributed by atoms with van der Waals surface area (Å²) in [7, 11) is -3.68. The molecule has 1 heterocycles. The molecule has 2 N–H and O–H groups in total. The van der Waals surface area contributed by atoms with E-state index in [0.717, 1.165) is 12.1 Å². The topological polar surface area (TPSA) is 87.6 Å². The summed E-state index contributed by atoms with van der Waals surface area (Å²) in [6.07, 6.45) is 0. The lowest BCUT2D eigenvalue weighted by molar-refractivity contribution is -0.120. The van der Waals surface area contributed by atoms with Gasteiger partial charge in [0.15, 0.2) is 0 Å². The molecular formula is C17H15F2N3O3S. The highest BCUT2D eigenvalue weighted by molar-refractivity contribution is 7.90. The standard InChI is InChI=1S/C17H15F2N3O3S/c1-10(12-7-6-11(18)8-14(12)19)21-16(23)9-20-17-13-4-2-3-5-15(13)26(24,25)22-17/h2-8,10H,9H2,1H3,(H,20,22)(H,21,23)/t10-/m1/s1. The number of aliphatic imine (C=N–C) groups is 1. The molecule has 0 saturated heterocycles. The van der Waals surface area contributed by atoms with Gasteiger partial charge in [-0.1, -0.05) is 18.2 Å². The normalized spacial score (nSPS) is 17.4. The third-order valence-corrected chi connectivity index (χ3v) is 5.25. The van der Waals surface area contributed by atoms with Crippen molar-refractivity contribution >= 4 is 21.8 Å². The maximum atomic E-state index is 13.7. The van der Waals surface area contributed by atoms with Crippen LogP contribution in [0.1, 0.15) is 24.1 Å². The summed E-state index contributed by atoms with van der Waals surface area (Å²) in [5, 5.41) is 2.54. The summed E-state index contributed by atoms with van der Waals surface area (Å²) < 4.78 is 52.9. The van der Waals surface area contributed by atoms with Crippen molar-refractivity contribution in [3.05, 3.63) is 65.2 Å². The highest BCUT2D eigenvalue weighted by Crippen LogP contribution is 2.22. The van der Waals surface area contributed by atoms with Gasteiger partial charge < -0.3 is 5.32 Å². The van der Waals surface area contributed by atoms with Crippen LogP contribution in [-0.4, -0.2) is 26.7 Å². The molecule has 0 saturated carbocycles. The van der Waals surface area contributed by atoms with Crippen LogP contribution >= 0.6 is 0 Å². The lowest BCUT2D eigenvalue weighted by Crippen LogP contribution is -2.30. The van der Waals surface area contributed by atoms with Crippen LogP contribution in [0.4, 0.5) is 8.78 Å². The molecule has 0 spiro atoms. The van der Waals surface area contributed by atoms with Crippen molar-refractivity contribution in [2.24, 2.45) is 4.99 Å². The van der Waals surface area contributed by atoms with Crippen LogP contribution in [0.5, 0.6) is 0 Å². The zero-order valence-electron chi connectivity index (χ0n) is 13.7. The Morgan fingerprint density at radius 3 is 2.69 bits per heavy atom. The van der Waals surface area contributed by atoms with E-state index in [-0.39, 0.29) is 22.8 Å². The minimum absolute atomic E-state index is 0.0800. The van der Waals surface area contributed by atoms with E-state index in [0.29, 0.717) is 5.56 Å². The second-order valence-corrected chi connectivity index (χ2v) is 7.37. The van der Waals surface area contributed by atoms with Gasteiger partial charge in [-0.05, 0) is 25.1 Å². The molecule has 9 heteroatoms. The zero-order valence-corrected chi connectivity index (χ0v) is 14.5. The van der Waals surface area contributed by atoms with E-state index in [1.165, 1.54) is 12.1 Å². The predicted molar refractivity (Wildman–Crippen MR) is 91.1 cm³/mol. The predicted octanol–water partition coefficient (Wildman–Crippen LogP) is 1.88. The van der Waals surface area contributed by atoms with Gasteiger partial charge in [0.25, 0.3) is 10.0 Å². The average molecular weight is 379 g/mol. The van der Waals surface area contributed by atoms with Crippen LogP contribution in [0.3, 0.4) is 0 Å². The molecule has 1 atom stereocenters. The maximum absolute atomic E-state index is 13.7. The number of carbonyl (C=O) groups is 1. The molecule has 1 aliphatic heterocycles. The first kappa shape index (κ1) is 18.0. The molecule has 1 aliphatic rings.